The van der Waals surface area contributed by atoms with Crippen LogP contribution in [0.3, 0.4) is 0 Å². The first-order chi connectivity index (χ1) is 12.1. The highest BCUT2D eigenvalue weighted by atomic mass is 35.5. The van der Waals surface area contributed by atoms with Crippen molar-refractivity contribution in [3.63, 3.8) is 0 Å². The average molecular weight is 362 g/mol. The highest BCUT2D eigenvalue weighted by Crippen LogP contribution is 2.26. The Hall–Kier alpha value is -2.14. The van der Waals surface area contributed by atoms with Crippen molar-refractivity contribution in [3.05, 3.63) is 53.4 Å². The zero-order valence-corrected chi connectivity index (χ0v) is 15.2. The van der Waals surface area contributed by atoms with Crippen LogP contribution in [0.25, 0.3) is 0 Å². The lowest BCUT2D eigenvalue weighted by molar-refractivity contribution is 0.190. The summed E-state index contributed by atoms with van der Waals surface area (Å²) in [5.41, 5.74) is 1.04. The quantitative estimate of drug-likeness (QED) is 0.881. The molecule has 25 heavy (non-hydrogen) atoms. The number of hydrogen-bond donors (Lipinski definition) is 1. The number of rotatable bonds is 5. The number of amides is 2. The monoisotopic (exact) mass is 361 g/mol. The van der Waals surface area contributed by atoms with Crippen LogP contribution in [0.2, 0.25) is 5.02 Å². The van der Waals surface area contributed by atoms with Crippen molar-refractivity contribution in [3.8, 4) is 0 Å². The molecule has 1 aromatic heterocycles. The van der Waals surface area contributed by atoms with Gasteiger partial charge in [0.05, 0.1) is 17.0 Å². The number of carbonyl (C=O) groups excluding carboxylic acids is 1. The summed E-state index contributed by atoms with van der Waals surface area (Å²) >= 11 is 6.26. The SMILES string of the molecule is C[C@@H](CCc1ccco1)NC(=O)N1CCN(c2ccccc2Cl)CC1. The lowest BCUT2D eigenvalue weighted by atomic mass is 10.1. The number of piperazine rings is 1. The summed E-state index contributed by atoms with van der Waals surface area (Å²) in [5, 5.41) is 3.84. The molecule has 6 heteroatoms. The van der Waals surface area contributed by atoms with Gasteiger partial charge < -0.3 is 19.5 Å². The molecular weight excluding hydrogens is 338 g/mol. The van der Waals surface area contributed by atoms with Gasteiger partial charge in [-0.1, -0.05) is 23.7 Å². The maximum Gasteiger partial charge on any atom is 0.317 e. The second-order valence-electron chi connectivity index (χ2n) is 6.39. The molecule has 1 aliphatic rings. The Morgan fingerprint density at radius 1 is 1.20 bits per heavy atom. The second-order valence-corrected chi connectivity index (χ2v) is 6.80. The largest absolute Gasteiger partial charge is 0.469 e. The lowest BCUT2D eigenvalue weighted by Gasteiger charge is -2.36. The fourth-order valence-electron chi connectivity index (χ4n) is 3.05. The maximum absolute atomic E-state index is 12.4. The van der Waals surface area contributed by atoms with Crippen molar-refractivity contribution in [2.45, 2.75) is 25.8 Å². The molecule has 1 saturated heterocycles. The van der Waals surface area contributed by atoms with Gasteiger partial charge in [-0.05, 0) is 37.6 Å². The van der Waals surface area contributed by atoms with Crippen molar-refractivity contribution in [1.29, 1.82) is 0 Å². The number of carbonyl (C=O) groups is 1. The smallest absolute Gasteiger partial charge is 0.317 e. The van der Waals surface area contributed by atoms with Gasteiger partial charge in [0.1, 0.15) is 5.76 Å². The Morgan fingerprint density at radius 3 is 2.64 bits per heavy atom. The molecule has 134 valence electrons. The van der Waals surface area contributed by atoms with E-state index in [1.54, 1.807) is 6.26 Å². The fourth-order valence-corrected chi connectivity index (χ4v) is 3.30. The first-order valence-corrected chi connectivity index (χ1v) is 9.08. The van der Waals surface area contributed by atoms with Crippen LogP contribution in [0.5, 0.6) is 0 Å². The molecule has 3 rings (SSSR count). The second kappa shape index (κ2) is 8.30. The first-order valence-electron chi connectivity index (χ1n) is 8.71. The topological polar surface area (TPSA) is 48.7 Å². The number of anilines is 1. The number of aryl methyl sites for hydroxylation is 1. The standard InChI is InChI=1S/C19H24ClN3O2/c1-15(8-9-16-5-4-14-25-16)21-19(24)23-12-10-22(11-13-23)18-7-3-2-6-17(18)20/h2-7,14-15H,8-13H2,1H3,(H,21,24)/t15-/m0/s1. The molecule has 0 bridgehead atoms. The average Bonchev–Trinajstić information content (AvgIpc) is 3.14. The minimum absolute atomic E-state index is 0.00533. The van der Waals surface area contributed by atoms with E-state index in [0.29, 0.717) is 13.1 Å². The summed E-state index contributed by atoms with van der Waals surface area (Å²) in [6.07, 6.45) is 3.37. The summed E-state index contributed by atoms with van der Waals surface area (Å²) in [6.45, 7) is 5.00. The number of nitrogens with zero attached hydrogens (tertiary/aromatic N) is 2. The predicted molar refractivity (Wildman–Crippen MR) is 100 cm³/mol. The molecule has 1 atom stereocenters. The van der Waals surface area contributed by atoms with Crippen LogP contribution in [0, 0.1) is 0 Å². The summed E-state index contributed by atoms with van der Waals surface area (Å²) in [4.78, 5) is 16.5. The number of furan rings is 1. The highest BCUT2D eigenvalue weighted by Gasteiger charge is 2.23. The van der Waals surface area contributed by atoms with E-state index in [1.807, 2.05) is 48.2 Å². The summed E-state index contributed by atoms with van der Waals surface area (Å²) in [6, 6.07) is 11.8. The van der Waals surface area contributed by atoms with Gasteiger partial charge in [-0.15, -0.1) is 0 Å². The molecule has 2 heterocycles. The maximum atomic E-state index is 12.4. The third kappa shape index (κ3) is 4.69. The highest BCUT2D eigenvalue weighted by molar-refractivity contribution is 6.33. The molecule has 1 aromatic carbocycles. The van der Waals surface area contributed by atoms with E-state index in [1.165, 1.54) is 0 Å². The van der Waals surface area contributed by atoms with E-state index in [-0.39, 0.29) is 12.1 Å². The zero-order valence-electron chi connectivity index (χ0n) is 14.5. The van der Waals surface area contributed by atoms with Crippen molar-refractivity contribution in [1.82, 2.24) is 10.2 Å². The van der Waals surface area contributed by atoms with Gasteiger partial charge in [0.15, 0.2) is 0 Å². The van der Waals surface area contributed by atoms with Crippen LogP contribution in [0.15, 0.2) is 47.1 Å². The van der Waals surface area contributed by atoms with Gasteiger partial charge in [-0.2, -0.15) is 0 Å². The molecule has 1 fully saturated rings. The Morgan fingerprint density at radius 2 is 1.96 bits per heavy atom. The Labute approximate surface area is 153 Å². The minimum atomic E-state index is 0.00533. The number of halogens is 1. The Balaban J connectivity index is 1.44. The van der Waals surface area contributed by atoms with Crippen molar-refractivity contribution in [2.75, 3.05) is 31.1 Å². The number of hydrogen-bond acceptors (Lipinski definition) is 3. The van der Waals surface area contributed by atoms with E-state index in [0.717, 1.165) is 42.4 Å². The van der Waals surface area contributed by atoms with Gasteiger partial charge in [-0.3, -0.25) is 0 Å². The number of benzene rings is 1. The molecule has 2 aromatic rings. The summed E-state index contributed by atoms with van der Waals surface area (Å²) in [7, 11) is 0. The van der Waals surface area contributed by atoms with Crippen LogP contribution >= 0.6 is 11.6 Å². The number of para-hydroxylation sites is 1. The van der Waals surface area contributed by atoms with Gasteiger partial charge in [-0.25, -0.2) is 4.79 Å². The third-order valence-electron chi connectivity index (χ3n) is 4.53. The van der Waals surface area contributed by atoms with Crippen LogP contribution in [-0.2, 0) is 6.42 Å². The lowest BCUT2D eigenvalue weighted by Crippen LogP contribution is -2.53. The van der Waals surface area contributed by atoms with Crippen LogP contribution in [0.4, 0.5) is 10.5 Å². The van der Waals surface area contributed by atoms with Gasteiger partial charge >= 0.3 is 6.03 Å². The number of nitrogens with one attached hydrogen (secondary N) is 1. The van der Waals surface area contributed by atoms with E-state index in [2.05, 4.69) is 10.2 Å². The molecule has 0 saturated carbocycles. The minimum Gasteiger partial charge on any atom is -0.469 e. The Bertz CT molecular complexity index is 682. The van der Waals surface area contributed by atoms with Crippen LogP contribution in [0.1, 0.15) is 19.1 Å². The molecule has 0 unspecified atom stereocenters. The van der Waals surface area contributed by atoms with Gasteiger partial charge in [0.2, 0.25) is 0 Å². The normalized spacial score (nSPS) is 15.9. The van der Waals surface area contributed by atoms with Crippen molar-refractivity contribution in [2.24, 2.45) is 0 Å². The molecule has 5 nitrogen and oxygen atoms in total. The predicted octanol–water partition coefficient (Wildman–Crippen LogP) is 3.79. The molecule has 1 N–H and O–H groups in total. The summed E-state index contributed by atoms with van der Waals surface area (Å²) < 4.78 is 5.33. The number of urea groups is 1. The molecule has 1 aliphatic heterocycles. The molecular formula is C19H24ClN3O2. The first kappa shape index (κ1) is 17.7. The van der Waals surface area contributed by atoms with Gasteiger partial charge in [0, 0.05) is 38.6 Å². The summed E-state index contributed by atoms with van der Waals surface area (Å²) in [5.74, 6) is 0.953. The zero-order chi connectivity index (χ0) is 17.6. The van der Waals surface area contributed by atoms with Crippen LogP contribution in [-0.4, -0.2) is 43.2 Å². The van der Waals surface area contributed by atoms with Crippen molar-refractivity contribution >= 4 is 23.3 Å². The Kier molecular flexibility index (Phi) is 5.87. The van der Waals surface area contributed by atoms with Gasteiger partial charge in [0.25, 0.3) is 0 Å². The van der Waals surface area contributed by atoms with E-state index in [9.17, 15) is 4.79 Å². The fraction of sp³-hybridized carbons (Fsp3) is 0.421. The van der Waals surface area contributed by atoms with Crippen molar-refractivity contribution < 1.29 is 9.21 Å². The third-order valence-corrected chi connectivity index (χ3v) is 4.85. The van der Waals surface area contributed by atoms with E-state index < -0.39 is 0 Å². The van der Waals surface area contributed by atoms with Crippen LogP contribution < -0.4 is 10.2 Å². The molecule has 2 amide bonds. The van der Waals surface area contributed by atoms with E-state index in [4.69, 9.17) is 16.0 Å². The molecule has 0 aliphatic carbocycles. The van der Waals surface area contributed by atoms with E-state index >= 15 is 0 Å². The molecule has 0 spiro atoms. The molecule has 0 radical (unpaired) electrons.